The summed E-state index contributed by atoms with van der Waals surface area (Å²) in [6.45, 7) is 1.31. The molecule has 1 aliphatic rings. The van der Waals surface area contributed by atoms with Gasteiger partial charge in [-0.1, -0.05) is 78.3 Å². The molecule has 1 aliphatic heterocycles. The summed E-state index contributed by atoms with van der Waals surface area (Å²) in [5.41, 5.74) is 3.13. The number of halogens is 4. The summed E-state index contributed by atoms with van der Waals surface area (Å²) in [4.78, 5) is 6.25. The fourth-order valence-electron chi connectivity index (χ4n) is 5.56. The average Bonchev–Trinajstić information content (AvgIpc) is 3.04. The lowest BCUT2D eigenvalue weighted by atomic mass is 9.89. The molecule has 0 radical (unpaired) electrons. The number of ether oxygens (including phenoxy) is 2. The Kier molecular flexibility index (Phi) is 9.03. The first-order valence-corrected chi connectivity index (χ1v) is 14.9. The van der Waals surface area contributed by atoms with Crippen molar-refractivity contribution in [3.05, 3.63) is 142 Å². The van der Waals surface area contributed by atoms with E-state index in [9.17, 15) is 4.39 Å². The predicted molar refractivity (Wildman–Crippen MR) is 167 cm³/mol. The molecule has 1 saturated heterocycles. The van der Waals surface area contributed by atoms with Crippen molar-refractivity contribution in [2.45, 2.75) is 32.0 Å². The molecule has 1 aromatic heterocycles. The van der Waals surface area contributed by atoms with Gasteiger partial charge in [-0.05, 0) is 71.3 Å². The molecule has 224 valence electrons. The lowest BCUT2D eigenvalue weighted by molar-refractivity contribution is 0.268. The normalized spacial score (nSPS) is 13.6. The summed E-state index contributed by atoms with van der Waals surface area (Å²) in [6.07, 6.45) is 1.12. The van der Waals surface area contributed by atoms with E-state index in [2.05, 4.69) is 4.98 Å². The van der Waals surface area contributed by atoms with E-state index in [1.807, 2.05) is 60.7 Å². The molecule has 0 amide bonds. The quantitative estimate of drug-likeness (QED) is 0.166. The van der Waals surface area contributed by atoms with Gasteiger partial charge in [0.15, 0.2) is 0 Å². The highest BCUT2D eigenvalue weighted by Gasteiger charge is 2.27. The Bertz CT molecular complexity index is 1710. The summed E-state index contributed by atoms with van der Waals surface area (Å²) in [5, 5.41) is 0.339. The van der Waals surface area contributed by atoms with Gasteiger partial charge >= 0.3 is 0 Å². The van der Waals surface area contributed by atoms with Crippen LogP contribution >= 0.6 is 11.6 Å². The molecule has 0 N–H and O–H groups in total. The summed E-state index contributed by atoms with van der Waals surface area (Å²) >= 11 is 5.90. The van der Waals surface area contributed by atoms with Crippen molar-refractivity contribution in [1.82, 2.24) is 4.98 Å². The molecule has 0 atom stereocenters. The van der Waals surface area contributed by atoms with Crippen molar-refractivity contribution < 1.29 is 22.6 Å². The van der Waals surface area contributed by atoms with E-state index in [1.54, 1.807) is 29.2 Å². The van der Waals surface area contributed by atoms with Gasteiger partial charge in [-0.2, -0.15) is 4.98 Å². The zero-order valence-corrected chi connectivity index (χ0v) is 24.6. The maximum Gasteiger partial charge on any atom is 0.225 e. The standard InChI is InChI=1S/C36H30ClF3N2O2/c37-28-11-12-29(31(38)21-28)26-15-17-42(18-16-26)35-32(39)19-27(20-33(35)40)30-13-14-34(43-22-24-7-3-1-4-8-24)41-36(30)44-23-25-9-5-2-6-10-25/h1-14,19-21,26H,15-18,22-23H2. The number of anilines is 1. The topological polar surface area (TPSA) is 34.6 Å². The monoisotopic (exact) mass is 614 g/mol. The Balaban J connectivity index is 1.23. The molecule has 4 aromatic carbocycles. The zero-order chi connectivity index (χ0) is 30.5. The third kappa shape index (κ3) is 6.84. The molecule has 0 spiro atoms. The van der Waals surface area contributed by atoms with E-state index in [0.29, 0.717) is 60.1 Å². The lowest BCUT2D eigenvalue weighted by Gasteiger charge is -2.34. The second-order valence-corrected chi connectivity index (χ2v) is 11.2. The van der Waals surface area contributed by atoms with Crippen LogP contribution in [0.3, 0.4) is 0 Å². The van der Waals surface area contributed by atoms with Gasteiger partial charge in [0.25, 0.3) is 0 Å². The van der Waals surface area contributed by atoms with Crippen LogP contribution in [0.25, 0.3) is 11.1 Å². The van der Waals surface area contributed by atoms with Crippen molar-refractivity contribution in [3.63, 3.8) is 0 Å². The van der Waals surface area contributed by atoms with Gasteiger partial charge in [-0.3, -0.25) is 0 Å². The van der Waals surface area contributed by atoms with E-state index in [1.165, 1.54) is 18.2 Å². The molecule has 6 rings (SSSR count). The van der Waals surface area contributed by atoms with Crippen LogP contribution in [-0.4, -0.2) is 18.1 Å². The van der Waals surface area contributed by atoms with Gasteiger partial charge in [0, 0.05) is 29.7 Å². The number of hydrogen-bond donors (Lipinski definition) is 0. The number of hydrogen-bond acceptors (Lipinski definition) is 4. The van der Waals surface area contributed by atoms with Crippen LogP contribution in [0.1, 0.15) is 35.4 Å². The zero-order valence-electron chi connectivity index (χ0n) is 23.9. The molecular formula is C36H30ClF3N2O2. The van der Waals surface area contributed by atoms with Gasteiger partial charge in [0.1, 0.15) is 36.4 Å². The van der Waals surface area contributed by atoms with Gasteiger partial charge in [0.2, 0.25) is 11.8 Å². The van der Waals surface area contributed by atoms with E-state index >= 15 is 8.78 Å². The SMILES string of the molecule is Fc1cc(Cl)ccc1C1CCN(c2c(F)cc(-c3ccc(OCc4ccccc4)nc3OCc3ccccc3)cc2F)CC1. The molecule has 0 bridgehead atoms. The first kappa shape index (κ1) is 29.6. The molecule has 1 fully saturated rings. The number of nitrogens with zero attached hydrogens (tertiary/aromatic N) is 2. The molecule has 8 heteroatoms. The van der Waals surface area contributed by atoms with Crippen molar-refractivity contribution in [2.24, 2.45) is 0 Å². The van der Waals surface area contributed by atoms with E-state index < -0.39 is 11.6 Å². The number of pyridine rings is 1. The summed E-state index contributed by atoms with van der Waals surface area (Å²) in [7, 11) is 0. The molecule has 0 aliphatic carbocycles. The smallest absolute Gasteiger partial charge is 0.225 e. The molecule has 44 heavy (non-hydrogen) atoms. The molecular weight excluding hydrogens is 585 g/mol. The summed E-state index contributed by atoms with van der Waals surface area (Å²) < 4.78 is 57.7. The second-order valence-electron chi connectivity index (χ2n) is 10.8. The highest BCUT2D eigenvalue weighted by molar-refractivity contribution is 6.30. The Morgan fingerprint density at radius 1 is 0.705 bits per heavy atom. The number of aromatic nitrogens is 1. The van der Waals surface area contributed by atoms with Crippen LogP contribution in [-0.2, 0) is 13.2 Å². The number of piperidine rings is 1. The lowest BCUT2D eigenvalue weighted by Crippen LogP contribution is -2.34. The van der Waals surface area contributed by atoms with Crippen molar-refractivity contribution in [2.75, 3.05) is 18.0 Å². The van der Waals surface area contributed by atoms with Gasteiger partial charge in [-0.15, -0.1) is 0 Å². The highest BCUT2D eigenvalue weighted by Crippen LogP contribution is 2.38. The van der Waals surface area contributed by atoms with Gasteiger partial charge in [-0.25, -0.2) is 13.2 Å². The van der Waals surface area contributed by atoms with Crippen LogP contribution in [0.15, 0.2) is 103 Å². The fourth-order valence-corrected chi connectivity index (χ4v) is 5.72. The van der Waals surface area contributed by atoms with Crippen LogP contribution in [0, 0.1) is 17.5 Å². The Labute approximate surface area is 259 Å². The van der Waals surface area contributed by atoms with Crippen LogP contribution in [0.2, 0.25) is 5.02 Å². The minimum Gasteiger partial charge on any atom is -0.473 e. The predicted octanol–water partition coefficient (Wildman–Crippen LogP) is 9.36. The van der Waals surface area contributed by atoms with E-state index in [0.717, 1.165) is 11.1 Å². The van der Waals surface area contributed by atoms with Gasteiger partial charge < -0.3 is 14.4 Å². The maximum absolute atomic E-state index is 15.6. The minimum atomic E-state index is -0.686. The summed E-state index contributed by atoms with van der Waals surface area (Å²) in [5.74, 6) is -1.24. The number of rotatable bonds is 9. The van der Waals surface area contributed by atoms with E-state index in [-0.39, 0.29) is 29.9 Å². The number of benzene rings is 4. The first-order valence-electron chi connectivity index (χ1n) is 14.5. The maximum atomic E-state index is 15.6. The third-order valence-corrected chi connectivity index (χ3v) is 8.06. The van der Waals surface area contributed by atoms with Crippen LogP contribution < -0.4 is 14.4 Å². The van der Waals surface area contributed by atoms with E-state index in [4.69, 9.17) is 21.1 Å². The largest absolute Gasteiger partial charge is 0.473 e. The van der Waals surface area contributed by atoms with Crippen LogP contribution in [0.5, 0.6) is 11.8 Å². The van der Waals surface area contributed by atoms with Crippen molar-refractivity contribution in [1.29, 1.82) is 0 Å². The molecule has 5 aromatic rings. The third-order valence-electron chi connectivity index (χ3n) is 7.82. The Morgan fingerprint density at radius 3 is 1.93 bits per heavy atom. The minimum absolute atomic E-state index is 0.0491. The summed E-state index contributed by atoms with van der Waals surface area (Å²) in [6, 6.07) is 29.9. The highest BCUT2D eigenvalue weighted by atomic mass is 35.5. The Hall–Kier alpha value is -4.49. The molecule has 2 heterocycles. The average molecular weight is 615 g/mol. The van der Waals surface area contributed by atoms with Crippen molar-refractivity contribution in [3.8, 4) is 22.9 Å². The van der Waals surface area contributed by atoms with Crippen molar-refractivity contribution >= 4 is 17.3 Å². The van der Waals surface area contributed by atoms with Crippen LogP contribution in [0.4, 0.5) is 18.9 Å². The first-order chi connectivity index (χ1) is 21.4. The molecule has 4 nitrogen and oxygen atoms in total. The van der Waals surface area contributed by atoms with Gasteiger partial charge in [0.05, 0.1) is 0 Å². The Morgan fingerprint density at radius 2 is 1.32 bits per heavy atom. The fraction of sp³-hybridized carbons (Fsp3) is 0.194. The molecule has 0 unspecified atom stereocenters. The molecule has 0 saturated carbocycles. The second kappa shape index (κ2) is 13.4.